The number of carboxylic acid groups (broad SMARTS) is 1. The number of nitrogens with one attached hydrogen (secondary N) is 1. The highest BCUT2D eigenvalue weighted by Gasteiger charge is 2.55. The van der Waals surface area contributed by atoms with E-state index < -0.39 is 23.5 Å². The van der Waals surface area contributed by atoms with Gasteiger partial charge in [-0.3, -0.25) is 9.59 Å². The number of aliphatic carboxylic acids is 1. The van der Waals surface area contributed by atoms with Crippen molar-refractivity contribution in [2.24, 2.45) is 11.3 Å². The lowest BCUT2D eigenvalue weighted by Crippen LogP contribution is -2.41. The third-order valence-electron chi connectivity index (χ3n) is 7.84. The summed E-state index contributed by atoms with van der Waals surface area (Å²) in [5, 5.41) is 12.5. The quantitative estimate of drug-likeness (QED) is 0.676. The molecule has 0 bridgehead atoms. The van der Waals surface area contributed by atoms with Gasteiger partial charge in [-0.1, -0.05) is 55.0 Å². The van der Waals surface area contributed by atoms with Crippen LogP contribution in [0.4, 0.5) is 4.79 Å². The minimum atomic E-state index is -0.796. The second-order valence-electron chi connectivity index (χ2n) is 9.90. The van der Waals surface area contributed by atoms with E-state index in [4.69, 9.17) is 4.74 Å². The Bertz CT molecular complexity index is 1090. The van der Waals surface area contributed by atoms with Crippen molar-refractivity contribution in [1.29, 1.82) is 0 Å². The molecule has 2 fully saturated rings. The Labute approximate surface area is 199 Å². The number of amides is 2. The summed E-state index contributed by atoms with van der Waals surface area (Å²) in [7, 11) is 0. The number of hydrogen-bond donors (Lipinski definition) is 2. The average Bonchev–Trinajstić information content (AvgIpc) is 3.47. The monoisotopic (exact) mass is 462 g/mol. The zero-order valence-corrected chi connectivity index (χ0v) is 19.3. The Morgan fingerprint density at radius 3 is 2.38 bits per heavy atom. The number of carboxylic acids is 1. The fraction of sp³-hybridized carbons (Fsp3) is 0.444. The number of rotatable bonds is 6. The first-order chi connectivity index (χ1) is 16.4. The molecular formula is C27H30N2O5. The molecule has 1 heterocycles. The van der Waals surface area contributed by atoms with Crippen molar-refractivity contribution >= 4 is 18.0 Å². The van der Waals surface area contributed by atoms with Crippen molar-refractivity contribution in [3.05, 3.63) is 59.7 Å². The SMILES string of the molecule is CC(CC(=O)N1C[C@H]2CCC[C@@]2(C(=O)O)C1)NC(=O)OCC1c2ccccc2-c2ccccc21. The maximum absolute atomic E-state index is 12.8. The van der Waals surface area contributed by atoms with Gasteiger partial charge >= 0.3 is 12.1 Å². The van der Waals surface area contributed by atoms with Crippen molar-refractivity contribution in [2.45, 2.75) is 44.6 Å². The maximum Gasteiger partial charge on any atom is 0.407 e. The second-order valence-corrected chi connectivity index (χ2v) is 9.90. The van der Waals surface area contributed by atoms with E-state index in [1.807, 2.05) is 24.3 Å². The third-order valence-corrected chi connectivity index (χ3v) is 7.84. The number of ether oxygens (including phenoxy) is 1. The molecule has 1 saturated heterocycles. The Hall–Kier alpha value is -3.35. The van der Waals surface area contributed by atoms with Gasteiger partial charge in [-0.25, -0.2) is 4.79 Å². The van der Waals surface area contributed by atoms with Gasteiger partial charge in [-0.15, -0.1) is 0 Å². The molecule has 1 unspecified atom stereocenters. The summed E-state index contributed by atoms with van der Waals surface area (Å²) in [4.78, 5) is 38.8. The van der Waals surface area contributed by atoms with Crippen molar-refractivity contribution in [3.63, 3.8) is 0 Å². The van der Waals surface area contributed by atoms with E-state index in [1.54, 1.807) is 11.8 Å². The molecule has 0 spiro atoms. The number of benzene rings is 2. The van der Waals surface area contributed by atoms with Crippen LogP contribution in [0.25, 0.3) is 11.1 Å². The van der Waals surface area contributed by atoms with Crippen LogP contribution in [0.1, 0.15) is 49.7 Å². The number of alkyl carbamates (subject to hydrolysis) is 1. The van der Waals surface area contributed by atoms with Crippen LogP contribution < -0.4 is 5.32 Å². The minimum absolute atomic E-state index is 0.0219. The number of nitrogens with zero attached hydrogens (tertiary/aromatic N) is 1. The molecule has 178 valence electrons. The zero-order chi connectivity index (χ0) is 23.9. The Morgan fingerprint density at radius 1 is 1.12 bits per heavy atom. The summed E-state index contributed by atoms with van der Waals surface area (Å²) < 4.78 is 5.57. The third kappa shape index (κ3) is 3.83. The van der Waals surface area contributed by atoms with Crippen molar-refractivity contribution in [2.75, 3.05) is 19.7 Å². The predicted molar refractivity (Wildman–Crippen MR) is 126 cm³/mol. The zero-order valence-electron chi connectivity index (χ0n) is 19.3. The predicted octanol–water partition coefficient (Wildman–Crippen LogP) is 4.02. The molecule has 7 nitrogen and oxygen atoms in total. The molecule has 0 radical (unpaired) electrons. The Kier molecular flexibility index (Phi) is 5.80. The fourth-order valence-electron chi connectivity index (χ4n) is 6.11. The van der Waals surface area contributed by atoms with Gasteiger partial charge in [0.25, 0.3) is 0 Å². The van der Waals surface area contributed by atoms with Crippen LogP contribution in [0.15, 0.2) is 48.5 Å². The number of carbonyl (C=O) groups excluding carboxylic acids is 2. The highest BCUT2D eigenvalue weighted by Crippen LogP contribution is 2.49. The summed E-state index contributed by atoms with van der Waals surface area (Å²) in [6, 6.07) is 15.9. The van der Waals surface area contributed by atoms with Crippen LogP contribution in [0.3, 0.4) is 0 Å². The van der Waals surface area contributed by atoms with Gasteiger partial charge in [0.15, 0.2) is 0 Å². The molecule has 7 heteroatoms. The molecule has 1 aliphatic heterocycles. The highest BCUT2D eigenvalue weighted by atomic mass is 16.5. The van der Waals surface area contributed by atoms with E-state index in [2.05, 4.69) is 29.6 Å². The van der Waals surface area contributed by atoms with Gasteiger partial charge < -0.3 is 20.1 Å². The molecule has 2 aromatic carbocycles. The van der Waals surface area contributed by atoms with Gasteiger partial charge in [0.2, 0.25) is 5.91 Å². The molecule has 34 heavy (non-hydrogen) atoms. The van der Waals surface area contributed by atoms with Crippen LogP contribution in [0, 0.1) is 11.3 Å². The van der Waals surface area contributed by atoms with E-state index in [-0.39, 0.29) is 37.3 Å². The van der Waals surface area contributed by atoms with E-state index in [0.717, 1.165) is 24.0 Å². The van der Waals surface area contributed by atoms with Crippen molar-refractivity contribution in [3.8, 4) is 11.1 Å². The smallest absolute Gasteiger partial charge is 0.407 e. The van der Waals surface area contributed by atoms with Crippen LogP contribution in [-0.4, -0.2) is 53.7 Å². The highest BCUT2D eigenvalue weighted by molar-refractivity contribution is 5.82. The summed E-state index contributed by atoms with van der Waals surface area (Å²) in [5.41, 5.74) is 3.83. The van der Waals surface area contributed by atoms with Crippen molar-refractivity contribution < 1.29 is 24.2 Å². The van der Waals surface area contributed by atoms with E-state index >= 15 is 0 Å². The lowest BCUT2D eigenvalue weighted by molar-refractivity contribution is -0.149. The second kappa shape index (κ2) is 8.78. The van der Waals surface area contributed by atoms with Crippen LogP contribution >= 0.6 is 0 Å². The van der Waals surface area contributed by atoms with Gasteiger partial charge in [-0.05, 0) is 47.9 Å². The topological polar surface area (TPSA) is 95.9 Å². The summed E-state index contributed by atoms with van der Waals surface area (Å²) >= 11 is 0. The van der Waals surface area contributed by atoms with E-state index in [0.29, 0.717) is 13.0 Å². The normalized spacial score (nSPS) is 23.7. The van der Waals surface area contributed by atoms with Gasteiger partial charge in [0, 0.05) is 31.5 Å². The average molecular weight is 463 g/mol. The van der Waals surface area contributed by atoms with E-state index in [1.165, 1.54) is 11.1 Å². The van der Waals surface area contributed by atoms with Gasteiger partial charge in [0.1, 0.15) is 6.61 Å². The molecule has 2 aromatic rings. The summed E-state index contributed by atoms with van der Waals surface area (Å²) in [5.74, 6) is -0.915. The standard InChI is InChI=1S/C27H30N2O5/c1-17(13-24(30)29-14-18-7-6-12-27(18,16-29)25(31)32)28-26(33)34-15-23-21-10-4-2-8-19(21)20-9-3-5-11-22(20)23/h2-5,8-11,17-18,23H,6-7,12-16H2,1H3,(H,28,33)(H,31,32)/t17?,18-,27-/m1/s1. The number of fused-ring (bicyclic) bond motifs is 4. The largest absolute Gasteiger partial charge is 0.481 e. The number of carbonyl (C=O) groups is 3. The summed E-state index contributed by atoms with van der Waals surface area (Å²) in [6.45, 7) is 2.74. The van der Waals surface area contributed by atoms with Crippen LogP contribution in [0.5, 0.6) is 0 Å². The molecule has 1 saturated carbocycles. The van der Waals surface area contributed by atoms with Crippen LogP contribution in [-0.2, 0) is 14.3 Å². The van der Waals surface area contributed by atoms with E-state index in [9.17, 15) is 19.5 Å². The van der Waals surface area contributed by atoms with Crippen LogP contribution in [0.2, 0.25) is 0 Å². The lowest BCUT2D eigenvalue weighted by atomic mass is 9.81. The molecule has 2 aliphatic carbocycles. The first-order valence-electron chi connectivity index (χ1n) is 12.0. The summed E-state index contributed by atoms with van der Waals surface area (Å²) in [6.07, 6.45) is 1.95. The molecular weight excluding hydrogens is 432 g/mol. The number of likely N-dealkylation sites (tertiary alicyclic amines) is 1. The van der Waals surface area contributed by atoms with Gasteiger partial charge in [-0.2, -0.15) is 0 Å². The lowest BCUT2D eigenvalue weighted by Gasteiger charge is -2.24. The van der Waals surface area contributed by atoms with Gasteiger partial charge in [0.05, 0.1) is 5.41 Å². The molecule has 2 amide bonds. The number of hydrogen-bond acceptors (Lipinski definition) is 4. The molecule has 3 aliphatic rings. The molecule has 3 atom stereocenters. The first kappa shape index (κ1) is 22.4. The Morgan fingerprint density at radius 2 is 1.76 bits per heavy atom. The Balaban J connectivity index is 1.15. The maximum atomic E-state index is 12.8. The fourth-order valence-corrected chi connectivity index (χ4v) is 6.11. The van der Waals surface area contributed by atoms with Crippen molar-refractivity contribution in [1.82, 2.24) is 10.2 Å². The first-order valence-corrected chi connectivity index (χ1v) is 12.0. The molecule has 5 rings (SSSR count). The molecule has 2 N–H and O–H groups in total. The minimum Gasteiger partial charge on any atom is -0.481 e. The molecule has 0 aromatic heterocycles.